The van der Waals surface area contributed by atoms with E-state index in [0.717, 1.165) is 0 Å². The van der Waals surface area contributed by atoms with Gasteiger partial charge in [-0.3, -0.25) is 14.4 Å². The summed E-state index contributed by atoms with van der Waals surface area (Å²) in [4.78, 5) is 40.7. The summed E-state index contributed by atoms with van der Waals surface area (Å²) in [6.45, 7) is 3.46. The smallest absolute Gasteiger partial charge is 0.249 e. The number of hydrogen-bond acceptors (Lipinski definition) is 7. The zero-order valence-electron chi connectivity index (χ0n) is 19.1. The molecule has 3 atom stereocenters. The number of phenols is 1. The van der Waals surface area contributed by atoms with Crippen LogP contribution >= 0.6 is 0 Å². The quantitative estimate of drug-likeness (QED) is 0.352. The number of likely N-dealkylation sites (N-methyl/N-ethyl adjacent to an activating group) is 1. The molecule has 1 fully saturated rings. The molecule has 1 heterocycles. The van der Waals surface area contributed by atoms with E-state index in [9.17, 15) is 24.6 Å². The SMILES string of the molecule is COc1ccc(C[C@@H](O)C(=O)NCC(C)C(=O)N2CC[C@H]2C(=O)NCCN(C)C)cc1O. The van der Waals surface area contributed by atoms with Crippen LogP contribution in [0.1, 0.15) is 18.9 Å². The highest BCUT2D eigenvalue weighted by Gasteiger charge is 2.39. The summed E-state index contributed by atoms with van der Waals surface area (Å²) in [5.74, 6) is -1.29. The Morgan fingerprint density at radius 1 is 1.28 bits per heavy atom. The van der Waals surface area contributed by atoms with Crippen LogP contribution in [-0.4, -0.2) is 97.3 Å². The molecule has 2 rings (SSSR count). The summed E-state index contributed by atoms with van der Waals surface area (Å²) in [5.41, 5.74) is 0.568. The number of benzene rings is 1. The van der Waals surface area contributed by atoms with Crippen LogP contribution in [0.15, 0.2) is 18.2 Å². The fraction of sp³-hybridized carbons (Fsp3) is 0.591. The Morgan fingerprint density at radius 3 is 2.56 bits per heavy atom. The Morgan fingerprint density at radius 2 is 2.00 bits per heavy atom. The maximum atomic E-state index is 12.7. The molecule has 0 aromatic heterocycles. The van der Waals surface area contributed by atoms with E-state index < -0.39 is 24.0 Å². The predicted molar refractivity (Wildman–Crippen MR) is 118 cm³/mol. The molecule has 0 radical (unpaired) electrons. The number of aliphatic hydroxyl groups excluding tert-OH is 1. The zero-order chi connectivity index (χ0) is 23.8. The summed E-state index contributed by atoms with van der Waals surface area (Å²) in [6.07, 6.45) is -0.705. The van der Waals surface area contributed by atoms with Gasteiger partial charge < -0.3 is 35.4 Å². The lowest BCUT2D eigenvalue weighted by Crippen LogP contribution is -2.60. The highest BCUT2D eigenvalue weighted by molar-refractivity contribution is 5.90. The number of amides is 3. The number of rotatable bonds is 11. The molecule has 0 saturated carbocycles. The minimum Gasteiger partial charge on any atom is -0.504 e. The second kappa shape index (κ2) is 11.7. The van der Waals surface area contributed by atoms with Gasteiger partial charge in [0.15, 0.2) is 11.5 Å². The number of nitrogens with zero attached hydrogens (tertiary/aromatic N) is 2. The first-order valence-electron chi connectivity index (χ1n) is 10.7. The second-order valence-electron chi connectivity index (χ2n) is 8.30. The van der Waals surface area contributed by atoms with Gasteiger partial charge in [-0.05, 0) is 38.2 Å². The molecule has 3 amide bonds. The van der Waals surface area contributed by atoms with E-state index in [1.807, 2.05) is 19.0 Å². The minimum absolute atomic E-state index is 0.00698. The highest BCUT2D eigenvalue weighted by atomic mass is 16.5. The topological polar surface area (TPSA) is 131 Å². The molecule has 1 aromatic rings. The van der Waals surface area contributed by atoms with Gasteiger partial charge in [0.1, 0.15) is 12.1 Å². The van der Waals surface area contributed by atoms with Gasteiger partial charge in [-0.1, -0.05) is 13.0 Å². The number of aliphatic hydroxyl groups is 1. The van der Waals surface area contributed by atoms with Crippen molar-refractivity contribution in [3.05, 3.63) is 23.8 Å². The largest absolute Gasteiger partial charge is 0.504 e. The number of ether oxygens (including phenoxy) is 1. The molecule has 0 aliphatic carbocycles. The van der Waals surface area contributed by atoms with Crippen LogP contribution in [0.5, 0.6) is 11.5 Å². The summed E-state index contributed by atoms with van der Waals surface area (Å²) in [7, 11) is 5.26. The predicted octanol–water partition coefficient (Wildman–Crippen LogP) is -0.665. The van der Waals surface area contributed by atoms with Crippen LogP contribution in [-0.2, 0) is 20.8 Å². The number of carbonyl (C=O) groups is 3. The number of carbonyl (C=O) groups excluding carboxylic acids is 3. The molecule has 32 heavy (non-hydrogen) atoms. The fourth-order valence-corrected chi connectivity index (χ4v) is 3.36. The molecule has 1 aliphatic rings. The summed E-state index contributed by atoms with van der Waals surface area (Å²) < 4.78 is 4.97. The van der Waals surface area contributed by atoms with Crippen molar-refractivity contribution in [1.82, 2.24) is 20.4 Å². The third kappa shape index (κ3) is 6.83. The van der Waals surface area contributed by atoms with Gasteiger partial charge >= 0.3 is 0 Å². The van der Waals surface area contributed by atoms with Crippen LogP contribution in [0, 0.1) is 5.92 Å². The molecule has 1 aliphatic heterocycles. The van der Waals surface area contributed by atoms with E-state index in [-0.39, 0.29) is 30.5 Å². The lowest BCUT2D eigenvalue weighted by atomic mass is 9.98. The van der Waals surface area contributed by atoms with Crippen molar-refractivity contribution >= 4 is 17.7 Å². The van der Waals surface area contributed by atoms with E-state index in [2.05, 4.69) is 10.6 Å². The first-order chi connectivity index (χ1) is 15.1. The van der Waals surface area contributed by atoms with Gasteiger partial charge in [-0.25, -0.2) is 0 Å². The highest BCUT2D eigenvalue weighted by Crippen LogP contribution is 2.26. The Kier molecular flexibility index (Phi) is 9.27. The molecule has 10 nitrogen and oxygen atoms in total. The van der Waals surface area contributed by atoms with Crippen molar-refractivity contribution in [1.29, 1.82) is 0 Å². The van der Waals surface area contributed by atoms with Crippen molar-refractivity contribution in [2.75, 3.05) is 47.4 Å². The maximum Gasteiger partial charge on any atom is 0.249 e. The summed E-state index contributed by atoms with van der Waals surface area (Å²) in [6, 6.07) is 4.15. The number of nitrogens with one attached hydrogen (secondary N) is 2. The number of aromatic hydroxyl groups is 1. The van der Waals surface area contributed by atoms with Gasteiger partial charge in [-0.15, -0.1) is 0 Å². The van der Waals surface area contributed by atoms with Crippen LogP contribution in [0.2, 0.25) is 0 Å². The van der Waals surface area contributed by atoms with Gasteiger partial charge in [-0.2, -0.15) is 0 Å². The molecule has 1 saturated heterocycles. The van der Waals surface area contributed by atoms with E-state index >= 15 is 0 Å². The lowest BCUT2D eigenvalue weighted by molar-refractivity contribution is -0.150. The molecule has 4 N–H and O–H groups in total. The first-order valence-corrected chi connectivity index (χ1v) is 10.7. The monoisotopic (exact) mass is 450 g/mol. The van der Waals surface area contributed by atoms with Crippen molar-refractivity contribution < 1.29 is 29.3 Å². The van der Waals surface area contributed by atoms with Crippen molar-refractivity contribution in [3.63, 3.8) is 0 Å². The van der Waals surface area contributed by atoms with E-state index in [1.165, 1.54) is 18.1 Å². The Balaban J connectivity index is 1.78. The lowest BCUT2D eigenvalue weighted by Gasteiger charge is -2.41. The van der Waals surface area contributed by atoms with E-state index in [0.29, 0.717) is 37.4 Å². The number of phenolic OH excluding ortho intramolecular Hbond substituents is 1. The van der Waals surface area contributed by atoms with Crippen LogP contribution < -0.4 is 15.4 Å². The molecular weight excluding hydrogens is 416 g/mol. The van der Waals surface area contributed by atoms with Crippen LogP contribution in [0.25, 0.3) is 0 Å². The Hall–Kier alpha value is -2.85. The first kappa shape index (κ1) is 25.4. The van der Waals surface area contributed by atoms with Gasteiger partial charge in [0.05, 0.1) is 13.0 Å². The molecule has 0 bridgehead atoms. The number of hydrogen-bond donors (Lipinski definition) is 4. The van der Waals surface area contributed by atoms with Gasteiger partial charge in [0.2, 0.25) is 17.7 Å². The second-order valence-corrected chi connectivity index (χ2v) is 8.30. The summed E-state index contributed by atoms with van der Waals surface area (Å²) in [5, 5.41) is 25.4. The summed E-state index contributed by atoms with van der Waals surface area (Å²) >= 11 is 0. The molecule has 1 unspecified atom stereocenters. The van der Waals surface area contributed by atoms with Gasteiger partial charge in [0.25, 0.3) is 0 Å². The van der Waals surface area contributed by atoms with Crippen molar-refractivity contribution in [2.24, 2.45) is 5.92 Å². The third-order valence-electron chi connectivity index (χ3n) is 5.44. The van der Waals surface area contributed by atoms with Crippen LogP contribution in [0.3, 0.4) is 0 Å². The minimum atomic E-state index is -1.33. The maximum absolute atomic E-state index is 12.7. The Labute approximate surface area is 188 Å². The van der Waals surface area contributed by atoms with E-state index in [1.54, 1.807) is 19.1 Å². The Bertz CT molecular complexity index is 816. The molecule has 178 valence electrons. The third-order valence-corrected chi connectivity index (χ3v) is 5.44. The standard InChI is InChI=1S/C22H34N4O6/c1-14(22(31)26-9-7-16(26)20(29)23-8-10-25(2)3)13-24-21(30)18(28)12-15-5-6-19(32-4)17(27)11-15/h5-6,11,14,16,18,27-28H,7-10,12-13H2,1-4H3,(H,23,29)(H,24,30)/t14?,16-,18+/m0/s1. The fourth-order valence-electron chi connectivity index (χ4n) is 3.36. The number of methoxy groups -OCH3 is 1. The average Bonchev–Trinajstić information content (AvgIpc) is 2.70. The molecule has 0 spiro atoms. The van der Waals surface area contributed by atoms with Crippen molar-refractivity contribution in [3.8, 4) is 11.5 Å². The van der Waals surface area contributed by atoms with Crippen molar-refractivity contribution in [2.45, 2.75) is 31.9 Å². The van der Waals surface area contributed by atoms with Gasteiger partial charge in [0, 0.05) is 32.6 Å². The normalized spacial score (nSPS) is 17.3. The zero-order valence-corrected chi connectivity index (χ0v) is 19.1. The molecule has 10 heteroatoms. The van der Waals surface area contributed by atoms with Crippen LogP contribution in [0.4, 0.5) is 0 Å². The molecular formula is C22H34N4O6. The average molecular weight is 451 g/mol. The number of likely N-dealkylation sites (tertiary alicyclic amines) is 1. The molecule has 1 aromatic carbocycles. The van der Waals surface area contributed by atoms with E-state index in [4.69, 9.17) is 4.74 Å².